The van der Waals surface area contributed by atoms with E-state index in [-0.39, 0.29) is 5.41 Å². The zero-order valence-corrected chi connectivity index (χ0v) is 28.3. The van der Waals surface area contributed by atoms with E-state index >= 15 is 0 Å². The van der Waals surface area contributed by atoms with Gasteiger partial charge in [-0.05, 0) is 124 Å². The van der Waals surface area contributed by atoms with E-state index in [2.05, 4.69) is 169 Å². The quantitative estimate of drug-likeness (QED) is 0.185. The van der Waals surface area contributed by atoms with E-state index in [9.17, 15) is 0 Å². The second-order valence-electron chi connectivity index (χ2n) is 14.1. The van der Waals surface area contributed by atoms with Gasteiger partial charge in [0.1, 0.15) is 0 Å². The zero-order valence-electron chi connectivity index (χ0n) is 28.3. The van der Waals surface area contributed by atoms with Crippen LogP contribution in [0.15, 0.2) is 186 Å². The first kappa shape index (κ1) is 29.3. The molecule has 0 atom stereocenters. The van der Waals surface area contributed by atoms with Gasteiger partial charge < -0.3 is 4.90 Å². The van der Waals surface area contributed by atoms with Gasteiger partial charge in [0.15, 0.2) is 0 Å². The molecule has 5 aliphatic carbocycles. The minimum absolute atomic E-state index is 0.296. The van der Waals surface area contributed by atoms with Gasteiger partial charge in [-0.2, -0.15) is 0 Å². The fourth-order valence-corrected chi connectivity index (χ4v) is 9.35. The molecule has 50 heavy (non-hydrogen) atoms. The van der Waals surface area contributed by atoms with Crippen LogP contribution in [0.4, 0.5) is 11.4 Å². The summed E-state index contributed by atoms with van der Waals surface area (Å²) in [6.07, 6.45) is 23.3. The van der Waals surface area contributed by atoms with Gasteiger partial charge in [0.2, 0.25) is 0 Å². The molecule has 5 aromatic rings. The van der Waals surface area contributed by atoms with Gasteiger partial charge in [-0.3, -0.25) is 0 Å². The summed E-state index contributed by atoms with van der Waals surface area (Å²) in [5.41, 5.74) is 19.9. The second-order valence-corrected chi connectivity index (χ2v) is 14.1. The molecule has 0 saturated heterocycles. The third-order valence-corrected chi connectivity index (χ3v) is 11.4. The Morgan fingerprint density at radius 1 is 0.480 bits per heavy atom. The highest BCUT2D eigenvalue weighted by atomic mass is 15.2. The van der Waals surface area contributed by atoms with E-state index in [1.807, 2.05) is 0 Å². The number of anilines is 2. The Morgan fingerprint density at radius 3 is 1.90 bits per heavy atom. The summed E-state index contributed by atoms with van der Waals surface area (Å²) < 4.78 is 0. The molecule has 0 unspecified atom stereocenters. The fourth-order valence-electron chi connectivity index (χ4n) is 9.35. The molecule has 1 heteroatoms. The van der Waals surface area contributed by atoms with E-state index in [1.54, 1.807) is 5.57 Å². The first-order valence-electron chi connectivity index (χ1n) is 18.3. The first-order chi connectivity index (χ1) is 24.8. The fraction of sp³-hybridized carbons (Fsp3) is 0.143. The maximum Gasteiger partial charge on any atom is 0.0689 e. The average Bonchev–Trinajstić information content (AvgIpc) is 3.66. The number of benzene rings is 5. The Bertz CT molecular complexity index is 2310. The van der Waals surface area contributed by atoms with Crippen LogP contribution in [0.25, 0.3) is 27.8 Å². The molecule has 0 heterocycles. The Balaban J connectivity index is 1.20. The molecule has 0 radical (unpaired) electrons. The van der Waals surface area contributed by atoms with Gasteiger partial charge in [-0.15, -0.1) is 0 Å². The molecule has 0 amide bonds. The smallest absolute Gasteiger partial charge is 0.0689 e. The van der Waals surface area contributed by atoms with E-state index in [0.29, 0.717) is 0 Å². The van der Waals surface area contributed by atoms with Gasteiger partial charge in [-0.25, -0.2) is 0 Å². The molecule has 0 saturated carbocycles. The predicted molar refractivity (Wildman–Crippen MR) is 209 cm³/mol. The summed E-state index contributed by atoms with van der Waals surface area (Å²) in [7, 11) is 0. The van der Waals surface area contributed by atoms with Gasteiger partial charge in [-0.1, -0.05) is 140 Å². The summed E-state index contributed by atoms with van der Waals surface area (Å²) in [6, 6.07) is 45.6. The Hall–Kier alpha value is -5.66. The number of nitrogens with zero attached hydrogens (tertiary/aromatic N) is 1. The molecule has 0 aromatic heterocycles. The normalized spacial score (nSPS) is 17.8. The lowest BCUT2D eigenvalue weighted by atomic mass is 9.68. The molecule has 0 fully saturated rings. The minimum Gasteiger partial charge on any atom is -0.310 e. The number of allylic oxidation sites excluding steroid dienone is 10. The van der Waals surface area contributed by atoms with Crippen LogP contribution in [-0.4, -0.2) is 0 Å². The predicted octanol–water partition coefficient (Wildman–Crippen LogP) is 12.8. The molecular weight excluding hydrogens is 603 g/mol. The number of rotatable bonds is 5. The molecule has 1 spiro atoms. The van der Waals surface area contributed by atoms with Crippen LogP contribution in [0.3, 0.4) is 0 Å². The van der Waals surface area contributed by atoms with Crippen molar-refractivity contribution in [3.05, 3.63) is 209 Å². The molecular formula is C49H39N. The van der Waals surface area contributed by atoms with Crippen LogP contribution in [0.2, 0.25) is 0 Å². The molecule has 0 N–H and O–H groups in total. The van der Waals surface area contributed by atoms with Crippen LogP contribution in [0.5, 0.6) is 0 Å². The topological polar surface area (TPSA) is 3.24 Å². The van der Waals surface area contributed by atoms with E-state index < -0.39 is 0 Å². The maximum atomic E-state index is 2.55. The van der Waals surface area contributed by atoms with Crippen LogP contribution < -0.4 is 4.90 Å². The molecule has 0 aliphatic heterocycles. The van der Waals surface area contributed by atoms with E-state index in [1.165, 1.54) is 78.3 Å². The van der Waals surface area contributed by atoms with E-state index in [4.69, 9.17) is 0 Å². The van der Waals surface area contributed by atoms with Crippen molar-refractivity contribution < 1.29 is 0 Å². The zero-order chi connectivity index (χ0) is 33.1. The minimum atomic E-state index is -0.296. The third-order valence-electron chi connectivity index (χ3n) is 11.4. The van der Waals surface area contributed by atoms with Crippen LogP contribution in [-0.2, 0) is 5.41 Å². The van der Waals surface area contributed by atoms with Gasteiger partial charge >= 0.3 is 0 Å². The highest BCUT2D eigenvalue weighted by molar-refractivity contribution is 5.98. The van der Waals surface area contributed by atoms with Crippen molar-refractivity contribution in [2.24, 2.45) is 0 Å². The van der Waals surface area contributed by atoms with Crippen LogP contribution in [0.1, 0.15) is 60.8 Å². The second kappa shape index (κ2) is 11.7. The lowest BCUT2D eigenvalue weighted by Gasteiger charge is -2.35. The Morgan fingerprint density at radius 2 is 1.14 bits per heavy atom. The number of hydrogen-bond donors (Lipinski definition) is 0. The Kier molecular flexibility index (Phi) is 6.88. The van der Waals surface area contributed by atoms with Crippen molar-refractivity contribution >= 4 is 16.9 Å². The molecule has 240 valence electrons. The summed E-state index contributed by atoms with van der Waals surface area (Å²) in [5.74, 6) is 0. The number of fused-ring (bicyclic) bond motifs is 9. The van der Waals surface area contributed by atoms with Crippen molar-refractivity contribution in [2.75, 3.05) is 4.90 Å². The van der Waals surface area contributed by atoms with Crippen molar-refractivity contribution in [3.8, 4) is 22.3 Å². The maximum absolute atomic E-state index is 2.55. The molecule has 0 bridgehead atoms. The lowest BCUT2D eigenvalue weighted by molar-refractivity contribution is 0.714. The highest BCUT2D eigenvalue weighted by Crippen LogP contribution is 2.64. The van der Waals surface area contributed by atoms with Gasteiger partial charge in [0.25, 0.3) is 0 Å². The first-order valence-corrected chi connectivity index (χ1v) is 18.3. The monoisotopic (exact) mass is 641 g/mol. The van der Waals surface area contributed by atoms with Crippen molar-refractivity contribution in [1.29, 1.82) is 0 Å². The number of hydrogen-bond acceptors (Lipinski definition) is 1. The largest absolute Gasteiger partial charge is 0.310 e. The SMILES string of the molecule is C1=CC(C2=CCCC=C2N(c2ccc(-c3ccccc3)cc2)c2ccc3c(c2)C2(C4=C3C=CCC4)c3ccccc3-c3ccccc32)=CCC1. The molecule has 1 nitrogen and oxygen atoms in total. The highest BCUT2D eigenvalue weighted by Gasteiger charge is 2.52. The molecule has 5 aliphatic rings. The molecule has 5 aromatic carbocycles. The summed E-state index contributed by atoms with van der Waals surface area (Å²) in [4.78, 5) is 2.54. The summed E-state index contributed by atoms with van der Waals surface area (Å²) in [5, 5.41) is 0. The summed E-state index contributed by atoms with van der Waals surface area (Å²) in [6.45, 7) is 0. The van der Waals surface area contributed by atoms with Gasteiger partial charge in [0.05, 0.1) is 5.41 Å². The third kappa shape index (κ3) is 4.33. The lowest BCUT2D eigenvalue weighted by Crippen LogP contribution is -2.28. The van der Waals surface area contributed by atoms with E-state index in [0.717, 1.165) is 38.5 Å². The Labute approximate surface area is 295 Å². The molecule has 10 rings (SSSR count). The van der Waals surface area contributed by atoms with Crippen molar-refractivity contribution in [2.45, 2.75) is 43.9 Å². The van der Waals surface area contributed by atoms with Crippen LogP contribution in [0, 0.1) is 0 Å². The van der Waals surface area contributed by atoms with Crippen LogP contribution >= 0.6 is 0 Å². The van der Waals surface area contributed by atoms with Gasteiger partial charge in [0, 0.05) is 22.6 Å². The van der Waals surface area contributed by atoms with Crippen molar-refractivity contribution in [1.82, 2.24) is 0 Å². The average molecular weight is 642 g/mol. The van der Waals surface area contributed by atoms with Crippen molar-refractivity contribution in [3.63, 3.8) is 0 Å². The summed E-state index contributed by atoms with van der Waals surface area (Å²) >= 11 is 0. The standard InChI is InChI=1S/C49H39N/c1-3-15-34(16-4-1)35-27-29-37(30-28-35)50(48-26-14-10-19-39(48)36-17-5-2-6-18-36)38-31-32-43-42-22-9-13-25-46(42)49(47(43)33-38)44-23-11-7-20-40(44)41-21-8-12-24-45(41)49/h1,3-5,7-9,11-12,15-24,26-33H,2,6,10,13-14,25H2.